The van der Waals surface area contributed by atoms with Crippen LogP contribution in [0.1, 0.15) is 64.6 Å². The summed E-state index contributed by atoms with van der Waals surface area (Å²) >= 11 is 0. The predicted molar refractivity (Wildman–Crippen MR) is 147 cm³/mol. The maximum Gasteiger partial charge on any atom is 0.134 e. The highest BCUT2D eigenvalue weighted by Crippen LogP contribution is 2.47. The number of hydrogen-bond donors (Lipinski definition) is 0. The van der Waals surface area contributed by atoms with E-state index >= 15 is 13.2 Å². The normalized spacial score (nSPS) is 13.3. The highest BCUT2D eigenvalue weighted by atomic mass is 19.1. The van der Waals surface area contributed by atoms with Gasteiger partial charge in [0.25, 0.3) is 0 Å². The fourth-order valence-corrected chi connectivity index (χ4v) is 5.51. The Balaban J connectivity index is 1.52. The van der Waals surface area contributed by atoms with E-state index in [1.54, 1.807) is 43.3 Å². The molecule has 0 saturated heterocycles. The minimum Gasteiger partial charge on any atom is -0.207 e. The molecule has 4 aromatic rings. The van der Waals surface area contributed by atoms with Crippen LogP contribution in [-0.2, 0) is 19.3 Å². The lowest BCUT2D eigenvalue weighted by atomic mass is 9.88. The van der Waals surface area contributed by atoms with Crippen LogP contribution in [0.2, 0.25) is 0 Å². The van der Waals surface area contributed by atoms with Crippen LogP contribution >= 0.6 is 0 Å². The van der Waals surface area contributed by atoms with Crippen molar-refractivity contribution in [2.24, 2.45) is 0 Å². The molecule has 0 aliphatic heterocycles. The second-order valence-corrected chi connectivity index (χ2v) is 10.5. The van der Waals surface area contributed by atoms with Gasteiger partial charge in [-0.25, -0.2) is 17.6 Å². The molecule has 1 fully saturated rings. The van der Waals surface area contributed by atoms with Gasteiger partial charge >= 0.3 is 0 Å². The molecule has 0 spiro atoms. The van der Waals surface area contributed by atoms with Gasteiger partial charge < -0.3 is 0 Å². The number of hydrogen-bond acceptors (Lipinski definition) is 0. The standard InChI is InChI=1S/C34H32F4/c1-5-25-20(3)7-14-28(34(25)38)26-16-17-29(32(36)21(26)4)27-15-13-24(33(37)31(27)23-10-11-23)12-9-22-8-6-19(2)18-30(22)35/h6-8,13-18,23H,5,9-12H2,1-4H3. The summed E-state index contributed by atoms with van der Waals surface area (Å²) in [7, 11) is 0. The quantitative estimate of drug-likeness (QED) is 0.215. The van der Waals surface area contributed by atoms with Crippen LogP contribution in [0.5, 0.6) is 0 Å². The highest BCUT2D eigenvalue weighted by Gasteiger charge is 2.32. The van der Waals surface area contributed by atoms with Gasteiger partial charge in [-0.2, -0.15) is 0 Å². The predicted octanol–water partition coefficient (Wildman–Crippen LogP) is 9.73. The molecule has 0 heterocycles. The van der Waals surface area contributed by atoms with Crippen molar-refractivity contribution >= 4 is 0 Å². The van der Waals surface area contributed by atoms with Crippen LogP contribution in [-0.4, -0.2) is 0 Å². The Kier molecular flexibility index (Phi) is 7.17. The summed E-state index contributed by atoms with van der Waals surface area (Å²) in [6.07, 6.45) is 3.01. The van der Waals surface area contributed by atoms with E-state index in [2.05, 4.69) is 0 Å². The third-order valence-electron chi connectivity index (χ3n) is 7.92. The first-order valence-corrected chi connectivity index (χ1v) is 13.3. The molecule has 4 aromatic carbocycles. The van der Waals surface area contributed by atoms with Crippen molar-refractivity contribution in [3.63, 3.8) is 0 Å². The molecule has 0 radical (unpaired) electrons. The van der Waals surface area contributed by atoms with Crippen LogP contribution < -0.4 is 0 Å². The van der Waals surface area contributed by atoms with Gasteiger partial charge in [0.05, 0.1) is 0 Å². The van der Waals surface area contributed by atoms with Crippen molar-refractivity contribution in [3.8, 4) is 22.3 Å². The monoisotopic (exact) mass is 516 g/mol. The lowest BCUT2D eigenvalue weighted by Gasteiger charge is -2.18. The Bertz CT molecular complexity index is 1530. The van der Waals surface area contributed by atoms with E-state index < -0.39 is 5.82 Å². The SMILES string of the molecule is CCc1c(C)ccc(-c2ccc(-c3ccc(CCc4ccc(C)cc4F)c(F)c3C3CC3)c(F)c2C)c1F. The number of benzene rings is 4. The second-order valence-electron chi connectivity index (χ2n) is 10.5. The van der Waals surface area contributed by atoms with Crippen LogP contribution in [0.15, 0.2) is 54.6 Å². The molecule has 0 N–H and O–H groups in total. The molecule has 4 heteroatoms. The first-order chi connectivity index (χ1) is 18.2. The third-order valence-corrected chi connectivity index (χ3v) is 7.92. The second kappa shape index (κ2) is 10.4. The van der Waals surface area contributed by atoms with E-state index in [-0.39, 0.29) is 23.4 Å². The molecule has 1 aliphatic carbocycles. The highest BCUT2D eigenvalue weighted by molar-refractivity contribution is 5.77. The summed E-state index contributed by atoms with van der Waals surface area (Å²) in [5.41, 5.74) is 6.04. The topological polar surface area (TPSA) is 0 Å². The van der Waals surface area contributed by atoms with E-state index in [4.69, 9.17) is 0 Å². The Morgan fingerprint density at radius 3 is 1.95 bits per heavy atom. The minimum absolute atomic E-state index is 0.0436. The Morgan fingerprint density at radius 1 is 0.658 bits per heavy atom. The van der Waals surface area contributed by atoms with Gasteiger partial charge in [-0.15, -0.1) is 0 Å². The summed E-state index contributed by atoms with van der Waals surface area (Å²) in [5.74, 6) is -1.34. The Labute approximate surface area is 222 Å². The first kappa shape index (κ1) is 26.2. The lowest BCUT2D eigenvalue weighted by Crippen LogP contribution is -2.04. The van der Waals surface area contributed by atoms with Crippen molar-refractivity contribution in [1.29, 1.82) is 0 Å². The van der Waals surface area contributed by atoms with Gasteiger partial charge in [0, 0.05) is 11.1 Å². The Hall–Kier alpha value is -3.40. The molecule has 38 heavy (non-hydrogen) atoms. The van der Waals surface area contributed by atoms with Crippen LogP contribution in [0.4, 0.5) is 17.6 Å². The van der Waals surface area contributed by atoms with Gasteiger partial charge in [0.15, 0.2) is 0 Å². The molecule has 5 rings (SSSR count). The molecule has 1 saturated carbocycles. The summed E-state index contributed by atoms with van der Waals surface area (Å²) < 4.78 is 61.3. The van der Waals surface area contributed by atoms with E-state index in [1.165, 1.54) is 6.07 Å². The molecular weight excluding hydrogens is 484 g/mol. The number of aryl methyl sites for hydroxylation is 4. The van der Waals surface area contributed by atoms with E-state index in [9.17, 15) is 4.39 Å². The van der Waals surface area contributed by atoms with Crippen molar-refractivity contribution in [2.45, 2.75) is 65.7 Å². The van der Waals surface area contributed by atoms with E-state index in [0.717, 1.165) is 24.0 Å². The zero-order valence-corrected chi connectivity index (χ0v) is 22.3. The average molecular weight is 517 g/mol. The van der Waals surface area contributed by atoms with Gasteiger partial charge in [-0.05, 0) is 115 Å². The fourth-order valence-electron chi connectivity index (χ4n) is 5.51. The van der Waals surface area contributed by atoms with E-state index in [0.29, 0.717) is 69.3 Å². The zero-order valence-electron chi connectivity index (χ0n) is 22.3. The maximum atomic E-state index is 15.9. The molecule has 1 aliphatic rings. The minimum atomic E-state index is -0.462. The van der Waals surface area contributed by atoms with Gasteiger partial charge in [0.1, 0.15) is 23.3 Å². The zero-order chi connectivity index (χ0) is 27.1. The number of halogens is 4. The average Bonchev–Trinajstić information content (AvgIpc) is 3.72. The summed E-state index contributed by atoms with van der Waals surface area (Å²) in [6.45, 7) is 7.26. The molecule has 0 aromatic heterocycles. The third kappa shape index (κ3) is 4.77. The van der Waals surface area contributed by atoms with Crippen LogP contribution in [0, 0.1) is 44.0 Å². The molecular formula is C34H32F4. The maximum absolute atomic E-state index is 15.9. The van der Waals surface area contributed by atoms with Crippen molar-refractivity contribution in [1.82, 2.24) is 0 Å². The largest absolute Gasteiger partial charge is 0.207 e. The summed E-state index contributed by atoms with van der Waals surface area (Å²) in [4.78, 5) is 0. The summed E-state index contributed by atoms with van der Waals surface area (Å²) in [5, 5.41) is 0. The van der Waals surface area contributed by atoms with Crippen molar-refractivity contribution < 1.29 is 17.6 Å². The van der Waals surface area contributed by atoms with Gasteiger partial charge in [-0.1, -0.05) is 55.5 Å². The fraction of sp³-hybridized carbons (Fsp3) is 0.294. The molecule has 0 amide bonds. The van der Waals surface area contributed by atoms with E-state index in [1.807, 2.05) is 32.9 Å². The van der Waals surface area contributed by atoms with Gasteiger partial charge in [-0.3, -0.25) is 0 Å². The molecule has 0 bridgehead atoms. The molecule has 0 unspecified atom stereocenters. The molecule has 196 valence electrons. The van der Waals surface area contributed by atoms with Crippen molar-refractivity contribution in [2.75, 3.05) is 0 Å². The number of rotatable bonds is 7. The lowest BCUT2D eigenvalue weighted by molar-refractivity contribution is 0.584. The first-order valence-electron chi connectivity index (χ1n) is 13.3. The molecule has 0 atom stereocenters. The van der Waals surface area contributed by atoms with Crippen LogP contribution in [0.3, 0.4) is 0 Å². The smallest absolute Gasteiger partial charge is 0.134 e. The van der Waals surface area contributed by atoms with Gasteiger partial charge in [0.2, 0.25) is 0 Å². The molecule has 0 nitrogen and oxygen atoms in total. The van der Waals surface area contributed by atoms with Crippen molar-refractivity contribution in [3.05, 3.63) is 117 Å². The summed E-state index contributed by atoms with van der Waals surface area (Å²) in [6, 6.07) is 15.5. The van der Waals surface area contributed by atoms with Crippen LogP contribution in [0.25, 0.3) is 22.3 Å². The Morgan fingerprint density at radius 2 is 1.26 bits per heavy atom.